The Morgan fingerprint density at radius 3 is 2.87 bits per heavy atom. The van der Waals surface area contributed by atoms with E-state index in [9.17, 15) is 9.59 Å². The van der Waals surface area contributed by atoms with Crippen molar-refractivity contribution in [1.29, 1.82) is 0 Å². The fraction of sp³-hybridized carbons (Fsp3) is 0.800. The van der Waals surface area contributed by atoms with Gasteiger partial charge in [0, 0.05) is 12.8 Å². The molecule has 0 amide bonds. The fourth-order valence-corrected chi connectivity index (χ4v) is 1.92. The Bertz CT molecular complexity index is 252. The third kappa shape index (κ3) is 3.96. The number of rotatable bonds is 3. The van der Waals surface area contributed by atoms with E-state index >= 15 is 0 Å². The zero-order valence-electron chi connectivity index (χ0n) is 8.86. The standard InChI is InChI=1S/C10H15IO4/c1-6(2)8-3-7(4-9(12)14-8)5-10(13)15-11/h6-8H,3-5H2,1-2H3. The van der Waals surface area contributed by atoms with Gasteiger partial charge in [-0.25, -0.2) is 0 Å². The molecular formula is C10H15IO4. The van der Waals surface area contributed by atoms with E-state index in [1.165, 1.54) is 0 Å². The third-order valence-corrected chi connectivity index (χ3v) is 3.08. The first-order valence-corrected chi connectivity index (χ1v) is 5.92. The van der Waals surface area contributed by atoms with Gasteiger partial charge in [0.1, 0.15) is 6.10 Å². The number of carbonyl (C=O) groups is 2. The SMILES string of the molecule is CC(C)C1CC(CC(=O)OI)CC(=O)O1. The van der Waals surface area contributed by atoms with Gasteiger partial charge in [-0.05, 0) is 18.3 Å². The molecule has 0 saturated carbocycles. The van der Waals surface area contributed by atoms with Gasteiger partial charge in [-0.15, -0.1) is 0 Å². The van der Waals surface area contributed by atoms with Gasteiger partial charge in [-0.3, -0.25) is 9.59 Å². The molecule has 0 aromatic carbocycles. The molecule has 0 aliphatic carbocycles. The van der Waals surface area contributed by atoms with Crippen molar-refractivity contribution >= 4 is 34.9 Å². The van der Waals surface area contributed by atoms with Gasteiger partial charge in [0.05, 0.1) is 0 Å². The van der Waals surface area contributed by atoms with Gasteiger partial charge in [-0.2, -0.15) is 0 Å². The topological polar surface area (TPSA) is 52.6 Å². The Hall–Kier alpha value is -0.330. The molecular weight excluding hydrogens is 311 g/mol. The highest BCUT2D eigenvalue weighted by Gasteiger charge is 2.31. The van der Waals surface area contributed by atoms with Crippen molar-refractivity contribution in [3.63, 3.8) is 0 Å². The van der Waals surface area contributed by atoms with E-state index in [0.29, 0.717) is 18.8 Å². The average Bonchev–Trinajstić information content (AvgIpc) is 2.16. The van der Waals surface area contributed by atoms with E-state index in [2.05, 4.69) is 3.07 Å². The monoisotopic (exact) mass is 326 g/mol. The van der Waals surface area contributed by atoms with Crippen LogP contribution >= 0.6 is 23.0 Å². The summed E-state index contributed by atoms with van der Waals surface area (Å²) in [7, 11) is 0. The van der Waals surface area contributed by atoms with Gasteiger partial charge in [0.15, 0.2) is 23.0 Å². The minimum absolute atomic E-state index is 0.0572. The molecule has 0 bridgehead atoms. The molecule has 1 aliphatic heterocycles. The van der Waals surface area contributed by atoms with Crippen molar-refractivity contribution in [2.75, 3.05) is 0 Å². The van der Waals surface area contributed by atoms with Crippen LogP contribution in [0.5, 0.6) is 0 Å². The van der Waals surface area contributed by atoms with Gasteiger partial charge >= 0.3 is 11.9 Å². The zero-order valence-corrected chi connectivity index (χ0v) is 11.0. The maximum absolute atomic E-state index is 11.3. The number of ether oxygens (including phenoxy) is 1. The smallest absolute Gasteiger partial charge is 0.315 e. The Kier molecular flexibility index (Phi) is 4.82. The summed E-state index contributed by atoms with van der Waals surface area (Å²) in [4.78, 5) is 22.4. The summed E-state index contributed by atoms with van der Waals surface area (Å²) in [5, 5.41) is 0. The second-order valence-electron chi connectivity index (χ2n) is 4.23. The summed E-state index contributed by atoms with van der Waals surface area (Å²) in [5.74, 6) is -0.0997. The number of hydrogen-bond acceptors (Lipinski definition) is 4. The lowest BCUT2D eigenvalue weighted by molar-refractivity contribution is -0.160. The number of cyclic esters (lactones) is 1. The van der Waals surface area contributed by atoms with Crippen LogP contribution in [-0.4, -0.2) is 18.0 Å². The van der Waals surface area contributed by atoms with E-state index in [0.717, 1.165) is 6.42 Å². The lowest BCUT2D eigenvalue weighted by atomic mass is 9.88. The van der Waals surface area contributed by atoms with E-state index < -0.39 is 0 Å². The molecule has 1 aliphatic rings. The molecule has 0 N–H and O–H groups in total. The first-order chi connectivity index (χ1) is 7.02. The van der Waals surface area contributed by atoms with Crippen LogP contribution in [0.1, 0.15) is 33.1 Å². The predicted octanol–water partition coefficient (Wildman–Crippen LogP) is 2.25. The van der Waals surface area contributed by atoms with Crippen LogP contribution in [0.4, 0.5) is 0 Å². The zero-order chi connectivity index (χ0) is 11.4. The molecule has 1 fully saturated rings. The molecule has 0 aromatic heterocycles. The van der Waals surface area contributed by atoms with Crippen molar-refractivity contribution in [3.8, 4) is 0 Å². The first-order valence-electron chi connectivity index (χ1n) is 5.03. The minimum atomic E-state index is -0.266. The molecule has 4 nitrogen and oxygen atoms in total. The normalized spacial score (nSPS) is 26.3. The highest BCUT2D eigenvalue weighted by atomic mass is 127. The van der Waals surface area contributed by atoms with Crippen LogP contribution in [0, 0.1) is 11.8 Å². The van der Waals surface area contributed by atoms with Crippen molar-refractivity contribution in [2.45, 2.75) is 39.2 Å². The Morgan fingerprint density at radius 1 is 1.67 bits per heavy atom. The van der Waals surface area contributed by atoms with Crippen molar-refractivity contribution in [3.05, 3.63) is 0 Å². The Balaban J connectivity index is 2.51. The summed E-state index contributed by atoms with van der Waals surface area (Å²) in [5.41, 5.74) is 0. The third-order valence-electron chi connectivity index (χ3n) is 2.59. The molecule has 2 unspecified atom stereocenters. The van der Waals surface area contributed by atoms with Crippen LogP contribution in [-0.2, 0) is 17.4 Å². The molecule has 1 heterocycles. The number of esters is 1. The highest BCUT2D eigenvalue weighted by Crippen LogP contribution is 2.28. The summed E-state index contributed by atoms with van der Waals surface area (Å²) in [6, 6.07) is 0. The largest absolute Gasteiger partial charge is 0.462 e. The average molecular weight is 326 g/mol. The highest BCUT2D eigenvalue weighted by molar-refractivity contribution is 14.1. The summed E-state index contributed by atoms with van der Waals surface area (Å²) in [6.07, 6.45) is 1.34. The van der Waals surface area contributed by atoms with Gasteiger partial charge in [0.25, 0.3) is 0 Å². The quantitative estimate of drug-likeness (QED) is 0.590. The molecule has 0 aromatic rings. The van der Waals surface area contributed by atoms with Crippen LogP contribution in [0.15, 0.2) is 0 Å². The van der Waals surface area contributed by atoms with Crippen LogP contribution in [0.2, 0.25) is 0 Å². The van der Waals surface area contributed by atoms with E-state index in [1.807, 2.05) is 13.8 Å². The molecule has 1 rings (SSSR count). The molecule has 5 heteroatoms. The second kappa shape index (κ2) is 5.67. The van der Waals surface area contributed by atoms with Gasteiger partial charge < -0.3 is 7.80 Å². The number of halogens is 1. The van der Waals surface area contributed by atoms with E-state index in [4.69, 9.17) is 4.74 Å². The minimum Gasteiger partial charge on any atom is -0.462 e. The Labute approximate surface area is 103 Å². The lowest BCUT2D eigenvalue weighted by Gasteiger charge is -2.30. The molecule has 2 atom stereocenters. The fourth-order valence-electron chi connectivity index (χ4n) is 1.74. The van der Waals surface area contributed by atoms with Crippen molar-refractivity contribution in [2.24, 2.45) is 11.8 Å². The van der Waals surface area contributed by atoms with Gasteiger partial charge in [0.2, 0.25) is 0 Å². The molecule has 0 spiro atoms. The molecule has 0 radical (unpaired) electrons. The van der Waals surface area contributed by atoms with Crippen molar-refractivity contribution in [1.82, 2.24) is 0 Å². The van der Waals surface area contributed by atoms with Gasteiger partial charge in [-0.1, -0.05) is 13.8 Å². The summed E-state index contributed by atoms with van der Waals surface area (Å²) >= 11 is 1.57. The lowest BCUT2D eigenvalue weighted by Crippen LogP contribution is -2.33. The maximum atomic E-state index is 11.3. The molecule has 15 heavy (non-hydrogen) atoms. The van der Waals surface area contributed by atoms with Crippen LogP contribution < -0.4 is 0 Å². The van der Waals surface area contributed by atoms with E-state index in [1.54, 1.807) is 23.0 Å². The molecule has 86 valence electrons. The number of carbonyl (C=O) groups excluding carboxylic acids is 2. The van der Waals surface area contributed by atoms with Crippen molar-refractivity contribution < 1.29 is 17.4 Å². The first kappa shape index (κ1) is 12.7. The Morgan fingerprint density at radius 2 is 2.33 bits per heavy atom. The van der Waals surface area contributed by atoms with E-state index in [-0.39, 0.29) is 24.0 Å². The van der Waals surface area contributed by atoms with Crippen LogP contribution in [0.25, 0.3) is 0 Å². The predicted molar refractivity (Wildman–Crippen MR) is 62.2 cm³/mol. The second-order valence-corrected chi connectivity index (χ2v) is 4.67. The number of hydrogen-bond donors (Lipinski definition) is 0. The van der Waals surface area contributed by atoms with Crippen LogP contribution in [0.3, 0.4) is 0 Å². The summed E-state index contributed by atoms with van der Waals surface area (Å²) < 4.78 is 9.76. The summed E-state index contributed by atoms with van der Waals surface area (Å²) in [6.45, 7) is 4.02. The maximum Gasteiger partial charge on any atom is 0.315 e. The molecule has 1 saturated heterocycles.